The van der Waals surface area contributed by atoms with E-state index in [0.717, 1.165) is 29.8 Å². The minimum Gasteiger partial charge on any atom is -0.322 e. The van der Waals surface area contributed by atoms with Crippen molar-refractivity contribution in [3.8, 4) is 0 Å². The van der Waals surface area contributed by atoms with Crippen LogP contribution in [0, 0.1) is 0 Å². The van der Waals surface area contributed by atoms with Gasteiger partial charge in [-0.2, -0.15) is 0 Å². The van der Waals surface area contributed by atoms with Crippen LogP contribution in [0.2, 0.25) is 10.0 Å². The molecular formula is C15H16Cl3N3. The van der Waals surface area contributed by atoms with Crippen LogP contribution in [0.25, 0.3) is 11.0 Å². The van der Waals surface area contributed by atoms with Gasteiger partial charge in [0.05, 0.1) is 33.0 Å². The lowest BCUT2D eigenvalue weighted by atomic mass is 10.1. The summed E-state index contributed by atoms with van der Waals surface area (Å²) >= 11 is 18.5. The number of hydrogen-bond donors (Lipinski definition) is 0. The smallest absolute Gasteiger partial charge is 0.125 e. The summed E-state index contributed by atoms with van der Waals surface area (Å²) in [7, 11) is 0. The van der Waals surface area contributed by atoms with Gasteiger partial charge in [0, 0.05) is 12.6 Å². The Labute approximate surface area is 138 Å². The molecule has 2 fully saturated rings. The van der Waals surface area contributed by atoms with Crippen LogP contribution >= 0.6 is 34.8 Å². The van der Waals surface area contributed by atoms with Gasteiger partial charge >= 0.3 is 0 Å². The van der Waals surface area contributed by atoms with Crippen LogP contribution in [-0.2, 0) is 5.88 Å². The molecule has 2 atom stereocenters. The second-order valence-corrected chi connectivity index (χ2v) is 6.97. The normalized spacial score (nSPS) is 25.9. The first-order valence-electron chi connectivity index (χ1n) is 7.35. The number of benzene rings is 1. The van der Waals surface area contributed by atoms with E-state index >= 15 is 0 Å². The lowest BCUT2D eigenvalue weighted by Gasteiger charge is -2.23. The minimum atomic E-state index is 0.410. The van der Waals surface area contributed by atoms with Crippen molar-refractivity contribution in [2.75, 3.05) is 13.1 Å². The molecule has 3 heterocycles. The molecule has 1 aromatic heterocycles. The number of fused-ring (bicyclic) bond motifs is 2. The summed E-state index contributed by atoms with van der Waals surface area (Å²) in [4.78, 5) is 7.25. The van der Waals surface area contributed by atoms with E-state index in [0.29, 0.717) is 28.0 Å². The first kappa shape index (κ1) is 14.1. The largest absolute Gasteiger partial charge is 0.322 e. The van der Waals surface area contributed by atoms with Crippen LogP contribution in [0.4, 0.5) is 0 Å². The maximum Gasteiger partial charge on any atom is 0.125 e. The first-order valence-corrected chi connectivity index (χ1v) is 8.64. The fourth-order valence-corrected chi connectivity index (χ4v) is 4.47. The van der Waals surface area contributed by atoms with Gasteiger partial charge in [-0.3, -0.25) is 4.90 Å². The van der Waals surface area contributed by atoms with Gasteiger partial charge in [-0.1, -0.05) is 23.2 Å². The van der Waals surface area contributed by atoms with Crippen molar-refractivity contribution in [3.05, 3.63) is 28.0 Å². The molecule has 0 aliphatic carbocycles. The van der Waals surface area contributed by atoms with Crippen molar-refractivity contribution in [2.45, 2.75) is 37.2 Å². The fourth-order valence-electron chi connectivity index (χ4n) is 3.96. The highest BCUT2D eigenvalue weighted by molar-refractivity contribution is 6.42. The zero-order chi connectivity index (χ0) is 14.6. The summed E-state index contributed by atoms with van der Waals surface area (Å²) in [5, 5.41) is 1.12. The predicted molar refractivity (Wildman–Crippen MR) is 87.6 cm³/mol. The third-order valence-corrected chi connectivity index (χ3v) is 5.79. The molecule has 0 N–H and O–H groups in total. The summed E-state index contributed by atoms with van der Waals surface area (Å²) in [5.41, 5.74) is 1.94. The average molecular weight is 345 g/mol. The number of halogens is 3. The van der Waals surface area contributed by atoms with E-state index < -0.39 is 0 Å². The summed E-state index contributed by atoms with van der Waals surface area (Å²) in [5.74, 6) is 1.33. The molecule has 2 aromatic rings. The Morgan fingerprint density at radius 2 is 1.90 bits per heavy atom. The molecule has 0 saturated carbocycles. The molecule has 0 bridgehead atoms. The van der Waals surface area contributed by atoms with Crippen molar-refractivity contribution in [3.63, 3.8) is 0 Å². The first-order chi connectivity index (χ1) is 10.2. The van der Waals surface area contributed by atoms with Crippen molar-refractivity contribution < 1.29 is 0 Å². The van der Waals surface area contributed by atoms with Crippen LogP contribution in [0.15, 0.2) is 12.1 Å². The Morgan fingerprint density at radius 3 is 2.71 bits per heavy atom. The van der Waals surface area contributed by atoms with Crippen LogP contribution in [-0.4, -0.2) is 33.6 Å². The molecule has 0 radical (unpaired) electrons. The molecule has 21 heavy (non-hydrogen) atoms. The van der Waals surface area contributed by atoms with Crippen LogP contribution in [0.3, 0.4) is 0 Å². The van der Waals surface area contributed by atoms with Gasteiger partial charge in [0.2, 0.25) is 0 Å². The second kappa shape index (κ2) is 5.31. The van der Waals surface area contributed by atoms with Crippen molar-refractivity contribution in [1.82, 2.24) is 14.5 Å². The van der Waals surface area contributed by atoms with Gasteiger partial charge in [-0.25, -0.2) is 4.98 Å². The van der Waals surface area contributed by atoms with E-state index in [1.807, 2.05) is 12.1 Å². The molecule has 2 aliphatic rings. The molecule has 2 unspecified atom stereocenters. The Balaban J connectivity index is 1.88. The predicted octanol–water partition coefficient (Wildman–Crippen LogP) is 4.49. The van der Waals surface area contributed by atoms with Crippen LogP contribution in [0.1, 0.15) is 31.1 Å². The summed E-state index contributed by atoms with van der Waals surface area (Å²) < 4.78 is 2.31. The molecule has 6 heteroatoms. The van der Waals surface area contributed by atoms with E-state index in [-0.39, 0.29) is 0 Å². The minimum absolute atomic E-state index is 0.410. The monoisotopic (exact) mass is 343 g/mol. The third-order valence-electron chi connectivity index (χ3n) is 4.83. The Kier molecular flexibility index (Phi) is 3.57. The lowest BCUT2D eigenvalue weighted by Crippen LogP contribution is -2.28. The second-order valence-electron chi connectivity index (χ2n) is 5.89. The highest BCUT2D eigenvalue weighted by atomic mass is 35.5. The van der Waals surface area contributed by atoms with Gasteiger partial charge in [-0.05, 0) is 37.9 Å². The Morgan fingerprint density at radius 1 is 1.10 bits per heavy atom. The fraction of sp³-hybridized carbons (Fsp3) is 0.533. The molecule has 2 saturated heterocycles. The molecule has 3 nitrogen and oxygen atoms in total. The number of rotatable bonds is 2. The van der Waals surface area contributed by atoms with E-state index in [1.165, 1.54) is 19.4 Å². The van der Waals surface area contributed by atoms with E-state index in [9.17, 15) is 0 Å². The quantitative estimate of drug-likeness (QED) is 0.748. The zero-order valence-corrected chi connectivity index (χ0v) is 13.8. The number of imidazole rings is 1. The highest BCUT2D eigenvalue weighted by Gasteiger charge is 2.39. The molecular weight excluding hydrogens is 329 g/mol. The topological polar surface area (TPSA) is 21.1 Å². The number of hydrogen-bond acceptors (Lipinski definition) is 2. The van der Waals surface area contributed by atoms with Gasteiger partial charge in [0.15, 0.2) is 0 Å². The van der Waals surface area contributed by atoms with E-state index in [2.05, 4.69) is 14.5 Å². The maximum atomic E-state index is 6.21. The van der Waals surface area contributed by atoms with E-state index in [1.54, 1.807) is 0 Å². The molecule has 0 amide bonds. The molecule has 0 spiro atoms. The molecule has 4 rings (SSSR count). The lowest BCUT2D eigenvalue weighted by molar-refractivity contribution is 0.290. The van der Waals surface area contributed by atoms with Gasteiger partial charge in [0.1, 0.15) is 5.82 Å². The van der Waals surface area contributed by atoms with Crippen molar-refractivity contribution in [1.29, 1.82) is 0 Å². The standard InChI is InChI=1S/C15H16Cl3N3/c16-8-15-19-11-6-9(17)10(18)7-14(11)21(15)13-3-5-20-4-1-2-12(13)20/h6-7,12-13H,1-5,8H2. The van der Waals surface area contributed by atoms with Crippen LogP contribution < -0.4 is 0 Å². The molecule has 112 valence electrons. The summed E-state index contributed by atoms with van der Waals surface area (Å²) in [6, 6.07) is 4.83. The Hall–Kier alpha value is -0.480. The number of alkyl halides is 1. The maximum absolute atomic E-state index is 6.21. The number of nitrogens with zero attached hydrogens (tertiary/aromatic N) is 3. The Bertz CT molecular complexity index is 697. The molecule has 2 aliphatic heterocycles. The highest BCUT2D eigenvalue weighted by Crippen LogP contribution is 2.40. The SMILES string of the molecule is ClCc1nc2cc(Cl)c(Cl)cc2n1C1CCN2CCCC12. The molecule has 1 aromatic carbocycles. The van der Waals surface area contributed by atoms with Gasteiger partial charge in [-0.15, -0.1) is 11.6 Å². The summed E-state index contributed by atoms with van der Waals surface area (Å²) in [6.07, 6.45) is 3.70. The third kappa shape index (κ3) is 2.17. The van der Waals surface area contributed by atoms with Crippen molar-refractivity contribution in [2.24, 2.45) is 0 Å². The van der Waals surface area contributed by atoms with E-state index in [4.69, 9.17) is 34.8 Å². The summed E-state index contributed by atoms with van der Waals surface area (Å²) in [6.45, 7) is 2.38. The average Bonchev–Trinajstić information content (AvgIpc) is 3.13. The number of aromatic nitrogens is 2. The zero-order valence-electron chi connectivity index (χ0n) is 11.5. The van der Waals surface area contributed by atoms with Crippen LogP contribution in [0.5, 0.6) is 0 Å². The van der Waals surface area contributed by atoms with Gasteiger partial charge < -0.3 is 4.57 Å². The van der Waals surface area contributed by atoms with Crippen molar-refractivity contribution >= 4 is 45.8 Å². The van der Waals surface area contributed by atoms with Gasteiger partial charge in [0.25, 0.3) is 0 Å².